The van der Waals surface area contributed by atoms with Gasteiger partial charge in [-0.25, -0.2) is 0 Å². The van der Waals surface area contributed by atoms with Gasteiger partial charge < -0.3 is 5.73 Å². The van der Waals surface area contributed by atoms with E-state index in [2.05, 4.69) is 20.8 Å². The van der Waals surface area contributed by atoms with Crippen molar-refractivity contribution in [2.24, 2.45) is 11.1 Å². The first-order valence-electron chi connectivity index (χ1n) is 6.97. The molecule has 0 heterocycles. The van der Waals surface area contributed by atoms with Gasteiger partial charge in [-0.3, -0.25) is 5.41 Å². The number of amidine groups is 1. The summed E-state index contributed by atoms with van der Waals surface area (Å²) in [4.78, 5) is 0. The van der Waals surface area contributed by atoms with E-state index in [0.29, 0.717) is 5.84 Å². The van der Waals surface area contributed by atoms with E-state index in [0.717, 1.165) is 19.3 Å². The predicted octanol–water partition coefficient (Wildman–Crippen LogP) is 4.48. The molecule has 3 N–H and O–H groups in total. The third-order valence-electron chi connectivity index (χ3n) is 3.60. The molecule has 0 fully saturated rings. The van der Waals surface area contributed by atoms with E-state index in [4.69, 9.17) is 11.1 Å². The molecule has 0 saturated heterocycles. The van der Waals surface area contributed by atoms with Crippen molar-refractivity contribution in [1.82, 2.24) is 0 Å². The molecule has 0 aliphatic rings. The minimum atomic E-state index is 0.0159. The summed E-state index contributed by atoms with van der Waals surface area (Å²) in [5.74, 6) is 0.433. The molecular weight excluding hydrogens is 196 g/mol. The van der Waals surface area contributed by atoms with Gasteiger partial charge in [0.15, 0.2) is 0 Å². The van der Waals surface area contributed by atoms with Crippen LogP contribution in [-0.4, -0.2) is 5.84 Å². The molecule has 0 aromatic carbocycles. The van der Waals surface area contributed by atoms with Crippen molar-refractivity contribution in [3.05, 3.63) is 0 Å². The number of nitrogens with one attached hydrogen (secondary N) is 1. The van der Waals surface area contributed by atoms with Crippen LogP contribution in [0.15, 0.2) is 0 Å². The Morgan fingerprint density at radius 3 is 1.38 bits per heavy atom. The predicted molar refractivity (Wildman–Crippen MR) is 72.9 cm³/mol. The molecule has 2 nitrogen and oxygen atoms in total. The van der Waals surface area contributed by atoms with Crippen LogP contribution < -0.4 is 5.73 Å². The lowest BCUT2D eigenvalue weighted by atomic mass is 9.73. The second kappa shape index (κ2) is 8.60. The molecule has 2 heteroatoms. The van der Waals surface area contributed by atoms with Crippen LogP contribution >= 0.6 is 0 Å². The zero-order valence-electron chi connectivity index (χ0n) is 11.4. The topological polar surface area (TPSA) is 49.9 Å². The van der Waals surface area contributed by atoms with E-state index in [1.807, 2.05) is 0 Å². The zero-order chi connectivity index (χ0) is 12.4. The van der Waals surface area contributed by atoms with Crippen LogP contribution in [0.4, 0.5) is 0 Å². The summed E-state index contributed by atoms with van der Waals surface area (Å²) in [5.41, 5.74) is 5.89. The summed E-state index contributed by atoms with van der Waals surface area (Å²) in [6, 6.07) is 0. The van der Waals surface area contributed by atoms with Crippen LogP contribution in [0, 0.1) is 10.8 Å². The van der Waals surface area contributed by atoms with E-state index >= 15 is 0 Å². The second-order valence-electron chi connectivity index (χ2n) is 5.00. The minimum absolute atomic E-state index is 0.0159. The SMILES string of the molecule is CCCCC(CCCC)(CCCC)C(=N)N. The molecule has 0 unspecified atom stereocenters. The Morgan fingerprint density at radius 1 is 0.875 bits per heavy atom. The standard InChI is InChI=1S/C14H30N2/c1-4-7-10-14(13(15)16,11-8-5-2)12-9-6-3/h4-12H2,1-3H3,(H3,15,16). The molecule has 0 bridgehead atoms. The highest BCUT2D eigenvalue weighted by molar-refractivity contribution is 5.83. The maximum absolute atomic E-state index is 7.91. The van der Waals surface area contributed by atoms with Crippen LogP contribution in [0.2, 0.25) is 0 Å². The van der Waals surface area contributed by atoms with Crippen LogP contribution in [0.25, 0.3) is 0 Å². The van der Waals surface area contributed by atoms with Gasteiger partial charge in [-0.05, 0) is 19.3 Å². The summed E-state index contributed by atoms with van der Waals surface area (Å²) in [5, 5.41) is 7.91. The highest BCUT2D eigenvalue weighted by Gasteiger charge is 2.31. The van der Waals surface area contributed by atoms with Crippen molar-refractivity contribution >= 4 is 5.84 Å². The van der Waals surface area contributed by atoms with Gasteiger partial charge in [0.25, 0.3) is 0 Å². The molecule has 0 aliphatic carbocycles. The van der Waals surface area contributed by atoms with Crippen molar-refractivity contribution in [1.29, 1.82) is 5.41 Å². The third kappa shape index (κ3) is 5.00. The van der Waals surface area contributed by atoms with E-state index in [-0.39, 0.29) is 5.41 Å². The molecule has 0 aromatic heterocycles. The fourth-order valence-electron chi connectivity index (χ4n) is 2.32. The fraction of sp³-hybridized carbons (Fsp3) is 0.929. The van der Waals surface area contributed by atoms with Crippen LogP contribution in [0.3, 0.4) is 0 Å². The third-order valence-corrected chi connectivity index (χ3v) is 3.60. The normalized spacial score (nSPS) is 11.7. The highest BCUT2D eigenvalue weighted by Crippen LogP contribution is 2.36. The largest absolute Gasteiger partial charge is 0.387 e. The summed E-state index contributed by atoms with van der Waals surface area (Å²) < 4.78 is 0. The fourth-order valence-corrected chi connectivity index (χ4v) is 2.32. The van der Waals surface area contributed by atoms with Gasteiger partial charge >= 0.3 is 0 Å². The quantitative estimate of drug-likeness (QED) is 0.419. The summed E-state index contributed by atoms with van der Waals surface area (Å²) in [6.45, 7) is 6.64. The number of unbranched alkanes of at least 4 members (excludes halogenated alkanes) is 3. The van der Waals surface area contributed by atoms with Crippen molar-refractivity contribution in [3.8, 4) is 0 Å². The smallest absolute Gasteiger partial charge is 0.0968 e. The van der Waals surface area contributed by atoms with Crippen molar-refractivity contribution < 1.29 is 0 Å². The van der Waals surface area contributed by atoms with E-state index in [9.17, 15) is 0 Å². The first-order chi connectivity index (χ1) is 7.63. The van der Waals surface area contributed by atoms with Crippen LogP contribution in [0.1, 0.15) is 78.6 Å². The Balaban J connectivity index is 4.52. The molecule has 96 valence electrons. The maximum atomic E-state index is 7.91. The lowest BCUT2D eigenvalue weighted by molar-refractivity contribution is 0.297. The average molecular weight is 226 g/mol. The Labute approximate surface area is 102 Å². The molecule has 0 radical (unpaired) electrons. The van der Waals surface area contributed by atoms with Gasteiger partial charge in [-0.1, -0.05) is 59.3 Å². The molecule has 16 heavy (non-hydrogen) atoms. The summed E-state index contributed by atoms with van der Waals surface area (Å²) in [6.07, 6.45) is 10.5. The molecule has 0 aliphatic heterocycles. The summed E-state index contributed by atoms with van der Waals surface area (Å²) >= 11 is 0. The number of nitrogens with two attached hydrogens (primary N) is 1. The molecule has 0 rings (SSSR count). The Hall–Kier alpha value is -0.530. The lowest BCUT2D eigenvalue weighted by Crippen LogP contribution is -2.36. The summed E-state index contributed by atoms with van der Waals surface area (Å²) in [7, 11) is 0. The molecule has 0 spiro atoms. The number of hydrogen-bond acceptors (Lipinski definition) is 1. The van der Waals surface area contributed by atoms with Gasteiger partial charge in [0.2, 0.25) is 0 Å². The van der Waals surface area contributed by atoms with E-state index in [1.54, 1.807) is 0 Å². The van der Waals surface area contributed by atoms with E-state index in [1.165, 1.54) is 38.5 Å². The van der Waals surface area contributed by atoms with Gasteiger partial charge in [0.1, 0.15) is 0 Å². The average Bonchev–Trinajstić information content (AvgIpc) is 2.28. The van der Waals surface area contributed by atoms with Gasteiger partial charge in [0.05, 0.1) is 5.84 Å². The minimum Gasteiger partial charge on any atom is -0.387 e. The highest BCUT2D eigenvalue weighted by atomic mass is 14.7. The van der Waals surface area contributed by atoms with Crippen LogP contribution in [0.5, 0.6) is 0 Å². The number of rotatable bonds is 10. The Bertz CT molecular complexity index is 165. The molecule has 0 atom stereocenters. The molecule has 0 aromatic rings. The van der Waals surface area contributed by atoms with Crippen molar-refractivity contribution in [2.45, 2.75) is 78.6 Å². The monoisotopic (exact) mass is 226 g/mol. The molecule has 0 saturated carbocycles. The lowest BCUT2D eigenvalue weighted by Gasteiger charge is -2.33. The van der Waals surface area contributed by atoms with Gasteiger partial charge in [-0.2, -0.15) is 0 Å². The van der Waals surface area contributed by atoms with Crippen molar-refractivity contribution in [3.63, 3.8) is 0 Å². The second-order valence-corrected chi connectivity index (χ2v) is 5.00. The van der Waals surface area contributed by atoms with Crippen LogP contribution in [-0.2, 0) is 0 Å². The van der Waals surface area contributed by atoms with E-state index < -0.39 is 0 Å². The maximum Gasteiger partial charge on any atom is 0.0968 e. The van der Waals surface area contributed by atoms with Gasteiger partial charge in [0, 0.05) is 5.41 Å². The Morgan fingerprint density at radius 2 is 1.19 bits per heavy atom. The molecular formula is C14H30N2. The zero-order valence-corrected chi connectivity index (χ0v) is 11.4. The molecule has 0 amide bonds. The Kier molecular flexibility index (Phi) is 8.32. The van der Waals surface area contributed by atoms with Gasteiger partial charge in [-0.15, -0.1) is 0 Å². The first-order valence-corrected chi connectivity index (χ1v) is 6.97. The van der Waals surface area contributed by atoms with Crippen molar-refractivity contribution in [2.75, 3.05) is 0 Å². The number of hydrogen-bond donors (Lipinski definition) is 2. The first kappa shape index (κ1) is 15.5.